The Morgan fingerprint density at radius 3 is 2.00 bits per heavy atom. The number of rotatable bonds is 4. The molecule has 0 aromatic heterocycles. The second-order valence-electron chi connectivity index (χ2n) is 7.62. The standard InChI is InChI=1S/C22H21N3O3.C2H2O4/c26-22(18-8-10-20(11-9-18)25(27)28)24-14-12-23(13-15-24)16-19-6-3-5-17-4-1-2-7-21(17)19;3-1(4)2(5)6/h1-11H,12-16H2;(H,3,4)(H,5,6). The van der Waals surface area contributed by atoms with Crippen LogP contribution in [0.2, 0.25) is 0 Å². The van der Waals surface area contributed by atoms with E-state index >= 15 is 0 Å². The highest BCUT2D eigenvalue weighted by Gasteiger charge is 2.23. The predicted molar refractivity (Wildman–Crippen MR) is 123 cm³/mol. The molecule has 1 aliphatic heterocycles. The lowest BCUT2D eigenvalue weighted by Crippen LogP contribution is -2.48. The van der Waals surface area contributed by atoms with Gasteiger partial charge in [0.15, 0.2) is 0 Å². The summed E-state index contributed by atoms with van der Waals surface area (Å²) in [6.07, 6.45) is 0. The average molecular weight is 465 g/mol. The number of amides is 1. The smallest absolute Gasteiger partial charge is 0.414 e. The summed E-state index contributed by atoms with van der Waals surface area (Å²) in [6.45, 7) is 3.78. The van der Waals surface area contributed by atoms with Crippen LogP contribution in [0.15, 0.2) is 66.7 Å². The van der Waals surface area contributed by atoms with Crippen LogP contribution in [0.25, 0.3) is 10.8 Å². The summed E-state index contributed by atoms with van der Waals surface area (Å²) in [5.41, 5.74) is 1.79. The van der Waals surface area contributed by atoms with Gasteiger partial charge in [-0.1, -0.05) is 42.5 Å². The number of hydrogen-bond donors (Lipinski definition) is 2. The summed E-state index contributed by atoms with van der Waals surface area (Å²) in [7, 11) is 0. The molecule has 3 aromatic rings. The van der Waals surface area contributed by atoms with Crippen LogP contribution in [-0.2, 0) is 16.1 Å². The van der Waals surface area contributed by atoms with Crippen molar-refractivity contribution in [2.75, 3.05) is 26.2 Å². The largest absolute Gasteiger partial charge is 0.473 e. The quantitative estimate of drug-likeness (QED) is 0.340. The monoisotopic (exact) mass is 465 g/mol. The number of non-ortho nitro benzene ring substituents is 1. The van der Waals surface area contributed by atoms with Gasteiger partial charge < -0.3 is 15.1 Å². The number of piperazine rings is 1. The van der Waals surface area contributed by atoms with Gasteiger partial charge in [0.05, 0.1) is 4.92 Å². The van der Waals surface area contributed by atoms with Gasteiger partial charge in [-0.25, -0.2) is 9.59 Å². The number of nitro benzene ring substituents is 1. The minimum absolute atomic E-state index is 0.00328. The van der Waals surface area contributed by atoms with E-state index in [1.165, 1.54) is 40.6 Å². The number of benzene rings is 3. The Balaban J connectivity index is 0.000000481. The van der Waals surface area contributed by atoms with E-state index in [1.54, 1.807) is 0 Å². The van der Waals surface area contributed by atoms with Gasteiger partial charge in [0, 0.05) is 50.4 Å². The van der Waals surface area contributed by atoms with E-state index in [0.29, 0.717) is 18.7 Å². The van der Waals surface area contributed by atoms with Crippen molar-refractivity contribution in [3.05, 3.63) is 88.0 Å². The SMILES string of the molecule is O=C(O)C(=O)O.O=C(c1ccc([N+](=O)[O-])cc1)N1CCN(Cc2cccc3ccccc23)CC1. The maximum atomic E-state index is 12.7. The zero-order valence-corrected chi connectivity index (χ0v) is 18.2. The Hall–Kier alpha value is -4.31. The highest BCUT2D eigenvalue weighted by atomic mass is 16.6. The predicted octanol–water partition coefficient (Wildman–Crippen LogP) is 2.86. The summed E-state index contributed by atoms with van der Waals surface area (Å²) in [4.78, 5) is 45.3. The van der Waals surface area contributed by atoms with Gasteiger partial charge in [0.2, 0.25) is 0 Å². The summed E-state index contributed by atoms with van der Waals surface area (Å²) in [6, 6.07) is 20.6. The van der Waals surface area contributed by atoms with E-state index < -0.39 is 16.9 Å². The number of carbonyl (C=O) groups excluding carboxylic acids is 1. The second-order valence-corrected chi connectivity index (χ2v) is 7.62. The fourth-order valence-electron chi connectivity index (χ4n) is 3.69. The lowest BCUT2D eigenvalue weighted by Gasteiger charge is -2.35. The van der Waals surface area contributed by atoms with Crippen molar-refractivity contribution in [2.45, 2.75) is 6.54 Å². The molecule has 10 heteroatoms. The highest BCUT2D eigenvalue weighted by molar-refractivity contribution is 6.27. The molecule has 1 amide bonds. The third-order valence-corrected chi connectivity index (χ3v) is 5.44. The van der Waals surface area contributed by atoms with Crippen molar-refractivity contribution in [3.8, 4) is 0 Å². The molecule has 1 fully saturated rings. The molecule has 0 aliphatic carbocycles. The van der Waals surface area contributed by atoms with E-state index in [9.17, 15) is 14.9 Å². The number of carboxylic acids is 2. The third-order valence-electron chi connectivity index (χ3n) is 5.44. The van der Waals surface area contributed by atoms with Crippen molar-refractivity contribution in [1.29, 1.82) is 0 Å². The summed E-state index contributed by atoms with van der Waals surface area (Å²) < 4.78 is 0. The van der Waals surface area contributed by atoms with Gasteiger partial charge >= 0.3 is 11.9 Å². The Labute approximate surface area is 194 Å². The summed E-state index contributed by atoms with van der Waals surface area (Å²) >= 11 is 0. The van der Waals surface area contributed by atoms with Gasteiger partial charge in [-0.3, -0.25) is 19.8 Å². The van der Waals surface area contributed by atoms with Crippen LogP contribution in [0, 0.1) is 10.1 Å². The summed E-state index contributed by atoms with van der Waals surface area (Å²) in [5.74, 6) is -3.72. The van der Waals surface area contributed by atoms with Gasteiger partial charge in [-0.2, -0.15) is 0 Å². The van der Waals surface area contributed by atoms with Gasteiger partial charge in [0.1, 0.15) is 0 Å². The number of nitrogens with zero attached hydrogens (tertiary/aromatic N) is 3. The van der Waals surface area contributed by atoms with E-state index in [0.717, 1.165) is 19.6 Å². The zero-order chi connectivity index (χ0) is 24.7. The minimum atomic E-state index is -1.82. The number of nitro groups is 1. The fourth-order valence-corrected chi connectivity index (χ4v) is 3.69. The molecule has 0 unspecified atom stereocenters. The lowest BCUT2D eigenvalue weighted by atomic mass is 10.0. The molecule has 10 nitrogen and oxygen atoms in total. The maximum absolute atomic E-state index is 12.7. The molecular weight excluding hydrogens is 442 g/mol. The minimum Gasteiger partial charge on any atom is -0.473 e. The van der Waals surface area contributed by atoms with E-state index in [4.69, 9.17) is 19.8 Å². The van der Waals surface area contributed by atoms with E-state index in [2.05, 4.69) is 47.4 Å². The van der Waals surface area contributed by atoms with Crippen molar-refractivity contribution in [2.24, 2.45) is 0 Å². The van der Waals surface area contributed by atoms with Crippen molar-refractivity contribution >= 4 is 34.3 Å². The number of hydrogen-bond acceptors (Lipinski definition) is 6. The maximum Gasteiger partial charge on any atom is 0.414 e. The van der Waals surface area contributed by atoms with Gasteiger partial charge in [-0.15, -0.1) is 0 Å². The Morgan fingerprint density at radius 1 is 0.824 bits per heavy atom. The van der Waals surface area contributed by atoms with Crippen molar-refractivity contribution in [3.63, 3.8) is 0 Å². The van der Waals surface area contributed by atoms with Gasteiger partial charge in [0.25, 0.3) is 11.6 Å². The molecular formula is C24H23N3O7. The molecule has 1 heterocycles. The van der Waals surface area contributed by atoms with Gasteiger partial charge in [-0.05, 0) is 28.5 Å². The molecule has 0 saturated carbocycles. The number of carbonyl (C=O) groups is 3. The Kier molecular flexibility index (Phi) is 7.88. The Bertz CT molecular complexity index is 1190. The number of aliphatic carboxylic acids is 2. The molecule has 1 aliphatic rings. The van der Waals surface area contributed by atoms with Crippen LogP contribution in [0.3, 0.4) is 0 Å². The average Bonchev–Trinajstić information content (AvgIpc) is 2.85. The molecule has 1 saturated heterocycles. The van der Waals surface area contributed by atoms with Crippen LogP contribution in [0.1, 0.15) is 15.9 Å². The highest BCUT2D eigenvalue weighted by Crippen LogP contribution is 2.21. The first-order valence-electron chi connectivity index (χ1n) is 10.4. The molecule has 4 rings (SSSR count). The fraction of sp³-hybridized carbons (Fsp3) is 0.208. The molecule has 34 heavy (non-hydrogen) atoms. The number of carboxylic acid groups (broad SMARTS) is 2. The molecule has 0 radical (unpaired) electrons. The molecule has 0 spiro atoms. The van der Waals surface area contributed by atoms with Crippen LogP contribution in [0.4, 0.5) is 5.69 Å². The molecule has 2 N–H and O–H groups in total. The lowest BCUT2D eigenvalue weighted by molar-refractivity contribution is -0.384. The van der Waals surface area contributed by atoms with Crippen LogP contribution < -0.4 is 0 Å². The van der Waals surface area contributed by atoms with Crippen LogP contribution in [-0.4, -0.2) is 69.0 Å². The van der Waals surface area contributed by atoms with Crippen molar-refractivity contribution in [1.82, 2.24) is 9.80 Å². The van der Waals surface area contributed by atoms with Crippen LogP contribution >= 0.6 is 0 Å². The molecule has 0 atom stereocenters. The first kappa shape index (κ1) is 24.3. The third kappa shape index (κ3) is 6.14. The topological polar surface area (TPSA) is 141 Å². The Morgan fingerprint density at radius 2 is 1.41 bits per heavy atom. The molecule has 0 bridgehead atoms. The second kappa shape index (κ2) is 11.0. The molecule has 176 valence electrons. The first-order valence-corrected chi connectivity index (χ1v) is 10.4. The van der Waals surface area contributed by atoms with E-state index in [-0.39, 0.29) is 11.6 Å². The normalized spacial score (nSPS) is 13.6. The van der Waals surface area contributed by atoms with Crippen LogP contribution in [0.5, 0.6) is 0 Å². The first-order chi connectivity index (χ1) is 16.3. The molecule has 3 aromatic carbocycles. The summed E-state index contributed by atoms with van der Waals surface area (Å²) in [5, 5.41) is 28.1. The van der Waals surface area contributed by atoms with E-state index in [1.807, 2.05) is 4.90 Å². The number of fused-ring (bicyclic) bond motifs is 1. The zero-order valence-electron chi connectivity index (χ0n) is 18.2. The van der Waals surface area contributed by atoms with Crippen molar-refractivity contribution < 1.29 is 29.5 Å².